The minimum atomic E-state index is 0.369. The van der Waals surface area contributed by atoms with Gasteiger partial charge >= 0.3 is 0 Å². The summed E-state index contributed by atoms with van der Waals surface area (Å²) in [7, 11) is 0. The number of oxazole rings is 1. The van der Waals surface area contributed by atoms with Crippen molar-refractivity contribution < 1.29 is 4.42 Å². The van der Waals surface area contributed by atoms with E-state index in [2.05, 4.69) is 31.3 Å². The molecule has 0 bridgehead atoms. The predicted octanol–water partition coefficient (Wildman–Crippen LogP) is 2.84. The Balaban J connectivity index is 1.51. The van der Waals surface area contributed by atoms with Gasteiger partial charge in [0, 0.05) is 29.2 Å². The zero-order valence-corrected chi connectivity index (χ0v) is 15.3. The standard InChI is InChI=1S/C20H21N7O/c21-14-1-2-18-17(8-14)26-20(28-18)16-7-12(9-24-19(16)22)13-10-25-27(11-13)15-3-5-23-6-4-15/h1-2,7-11,15,23H,3-6,21H2,(H2,22,24). The molecule has 0 spiro atoms. The number of rotatable bonds is 3. The van der Waals surface area contributed by atoms with Crippen LogP contribution in [0.2, 0.25) is 0 Å². The third kappa shape index (κ3) is 2.97. The van der Waals surface area contributed by atoms with Crippen LogP contribution in [0.1, 0.15) is 18.9 Å². The Labute approximate surface area is 161 Å². The SMILES string of the molecule is Nc1ccc2oc(-c3cc(-c4cnn(C5CCNCC5)c4)cnc3N)nc2c1. The number of benzene rings is 1. The highest BCUT2D eigenvalue weighted by Crippen LogP contribution is 2.32. The molecule has 4 aromatic rings. The summed E-state index contributed by atoms with van der Waals surface area (Å²) >= 11 is 0. The Morgan fingerprint density at radius 1 is 1.07 bits per heavy atom. The number of pyridine rings is 1. The van der Waals surface area contributed by atoms with Gasteiger partial charge in [0.2, 0.25) is 5.89 Å². The lowest BCUT2D eigenvalue weighted by Crippen LogP contribution is -2.29. The zero-order valence-electron chi connectivity index (χ0n) is 15.3. The highest BCUT2D eigenvalue weighted by atomic mass is 16.3. The molecule has 1 aliphatic heterocycles. The van der Waals surface area contributed by atoms with Gasteiger partial charge in [-0.1, -0.05) is 0 Å². The van der Waals surface area contributed by atoms with Gasteiger partial charge in [-0.25, -0.2) is 9.97 Å². The Morgan fingerprint density at radius 2 is 1.93 bits per heavy atom. The molecule has 1 aliphatic rings. The minimum absolute atomic E-state index is 0.369. The van der Waals surface area contributed by atoms with Crippen molar-refractivity contribution >= 4 is 22.6 Å². The van der Waals surface area contributed by atoms with E-state index in [9.17, 15) is 0 Å². The van der Waals surface area contributed by atoms with Crippen LogP contribution in [0.5, 0.6) is 0 Å². The molecule has 8 heteroatoms. The molecule has 0 unspecified atom stereocenters. The second-order valence-corrected chi connectivity index (χ2v) is 7.09. The Morgan fingerprint density at radius 3 is 2.79 bits per heavy atom. The van der Waals surface area contributed by atoms with Crippen LogP contribution in [-0.2, 0) is 0 Å². The van der Waals surface area contributed by atoms with Gasteiger partial charge in [0.1, 0.15) is 11.3 Å². The van der Waals surface area contributed by atoms with E-state index in [0.29, 0.717) is 40.1 Å². The summed E-state index contributed by atoms with van der Waals surface area (Å²) in [4.78, 5) is 8.87. The van der Waals surface area contributed by atoms with Gasteiger partial charge in [0.15, 0.2) is 5.58 Å². The quantitative estimate of drug-likeness (QED) is 0.471. The predicted molar refractivity (Wildman–Crippen MR) is 108 cm³/mol. The molecule has 0 atom stereocenters. The van der Waals surface area contributed by atoms with Crippen molar-refractivity contribution in [3.8, 4) is 22.6 Å². The summed E-state index contributed by atoms with van der Waals surface area (Å²) in [5.74, 6) is 0.798. The van der Waals surface area contributed by atoms with E-state index < -0.39 is 0 Å². The van der Waals surface area contributed by atoms with E-state index in [1.807, 2.05) is 12.3 Å². The van der Waals surface area contributed by atoms with Gasteiger partial charge in [-0.2, -0.15) is 5.10 Å². The molecule has 1 fully saturated rings. The second-order valence-electron chi connectivity index (χ2n) is 7.09. The molecule has 5 rings (SSSR count). The average molecular weight is 375 g/mol. The van der Waals surface area contributed by atoms with E-state index in [0.717, 1.165) is 37.1 Å². The number of aromatic nitrogens is 4. The smallest absolute Gasteiger partial charge is 0.231 e. The third-order valence-electron chi connectivity index (χ3n) is 5.18. The van der Waals surface area contributed by atoms with Crippen molar-refractivity contribution in [2.24, 2.45) is 0 Å². The summed E-state index contributed by atoms with van der Waals surface area (Å²) in [5, 5.41) is 7.94. The van der Waals surface area contributed by atoms with Crippen molar-refractivity contribution in [3.63, 3.8) is 0 Å². The summed E-state index contributed by atoms with van der Waals surface area (Å²) in [6.45, 7) is 2.05. The summed E-state index contributed by atoms with van der Waals surface area (Å²) in [5.41, 5.74) is 16.5. The fourth-order valence-electron chi connectivity index (χ4n) is 3.62. The third-order valence-corrected chi connectivity index (χ3v) is 5.18. The van der Waals surface area contributed by atoms with Crippen LogP contribution in [-0.4, -0.2) is 32.8 Å². The molecular formula is C20H21N7O. The first-order valence-corrected chi connectivity index (χ1v) is 9.34. The van der Waals surface area contributed by atoms with E-state index in [-0.39, 0.29) is 0 Å². The van der Waals surface area contributed by atoms with Crippen molar-refractivity contribution in [3.05, 3.63) is 42.9 Å². The fraction of sp³-hybridized carbons (Fsp3) is 0.250. The molecular weight excluding hydrogens is 354 g/mol. The molecule has 4 heterocycles. The Kier molecular flexibility index (Phi) is 3.98. The zero-order chi connectivity index (χ0) is 19.1. The number of nitrogens with one attached hydrogen (secondary N) is 1. The maximum atomic E-state index is 6.11. The number of nitrogen functional groups attached to an aromatic ring is 2. The van der Waals surface area contributed by atoms with Gasteiger partial charge < -0.3 is 21.2 Å². The summed E-state index contributed by atoms with van der Waals surface area (Å²) in [6.07, 6.45) is 7.85. The van der Waals surface area contributed by atoms with E-state index in [1.54, 1.807) is 24.4 Å². The molecule has 1 aromatic carbocycles. The fourth-order valence-corrected chi connectivity index (χ4v) is 3.62. The van der Waals surface area contributed by atoms with Crippen LogP contribution in [0, 0.1) is 0 Å². The van der Waals surface area contributed by atoms with Crippen LogP contribution in [0.4, 0.5) is 11.5 Å². The van der Waals surface area contributed by atoms with Crippen LogP contribution in [0.25, 0.3) is 33.7 Å². The van der Waals surface area contributed by atoms with E-state index in [1.165, 1.54) is 0 Å². The van der Waals surface area contributed by atoms with Crippen LogP contribution in [0.3, 0.4) is 0 Å². The Hall–Kier alpha value is -3.39. The molecule has 8 nitrogen and oxygen atoms in total. The summed E-state index contributed by atoms with van der Waals surface area (Å²) < 4.78 is 7.92. The molecule has 1 saturated heterocycles. The first-order valence-electron chi connectivity index (χ1n) is 9.34. The number of anilines is 2. The van der Waals surface area contributed by atoms with Crippen molar-refractivity contribution in [1.29, 1.82) is 0 Å². The summed E-state index contributed by atoms with van der Waals surface area (Å²) in [6, 6.07) is 7.74. The first-order chi connectivity index (χ1) is 13.7. The highest BCUT2D eigenvalue weighted by molar-refractivity contribution is 5.82. The van der Waals surface area contributed by atoms with Crippen LogP contribution < -0.4 is 16.8 Å². The Bertz CT molecular complexity index is 1140. The highest BCUT2D eigenvalue weighted by Gasteiger charge is 2.18. The maximum Gasteiger partial charge on any atom is 0.231 e. The maximum absolute atomic E-state index is 6.11. The van der Waals surface area contributed by atoms with Crippen molar-refractivity contribution in [2.45, 2.75) is 18.9 Å². The lowest BCUT2D eigenvalue weighted by Gasteiger charge is -2.22. The molecule has 0 amide bonds. The molecule has 5 N–H and O–H groups in total. The lowest BCUT2D eigenvalue weighted by atomic mass is 10.1. The molecule has 3 aromatic heterocycles. The number of hydrogen-bond donors (Lipinski definition) is 3. The van der Waals surface area contributed by atoms with Gasteiger partial charge in [-0.3, -0.25) is 4.68 Å². The minimum Gasteiger partial charge on any atom is -0.436 e. The monoisotopic (exact) mass is 375 g/mol. The van der Waals surface area contributed by atoms with Crippen LogP contribution in [0.15, 0.2) is 47.3 Å². The van der Waals surface area contributed by atoms with Crippen molar-refractivity contribution in [1.82, 2.24) is 25.1 Å². The van der Waals surface area contributed by atoms with Gasteiger partial charge in [-0.15, -0.1) is 0 Å². The van der Waals surface area contributed by atoms with E-state index in [4.69, 9.17) is 15.9 Å². The van der Waals surface area contributed by atoms with Crippen LogP contribution >= 0.6 is 0 Å². The second kappa shape index (κ2) is 6.65. The average Bonchev–Trinajstić information content (AvgIpc) is 3.36. The topological polar surface area (TPSA) is 121 Å². The van der Waals surface area contributed by atoms with Gasteiger partial charge in [0.25, 0.3) is 0 Å². The van der Waals surface area contributed by atoms with Crippen molar-refractivity contribution in [2.75, 3.05) is 24.6 Å². The number of hydrogen-bond acceptors (Lipinski definition) is 7. The normalized spacial score (nSPS) is 15.3. The number of piperidine rings is 1. The first kappa shape index (κ1) is 16.8. The molecule has 142 valence electrons. The number of nitrogens with two attached hydrogens (primary N) is 2. The molecule has 0 aliphatic carbocycles. The molecule has 0 radical (unpaired) electrons. The van der Waals surface area contributed by atoms with E-state index >= 15 is 0 Å². The number of nitrogens with zero attached hydrogens (tertiary/aromatic N) is 4. The molecule has 0 saturated carbocycles. The lowest BCUT2D eigenvalue weighted by molar-refractivity contribution is 0.343. The molecule has 28 heavy (non-hydrogen) atoms. The largest absolute Gasteiger partial charge is 0.436 e. The van der Waals surface area contributed by atoms with Gasteiger partial charge in [0.05, 0.1) is 17.8 Å². The number of fused-ring (bicyclic) bond motifs is 1. The van der Waals surface area contributed by atoms with Gasteiger partial charge in [-0.05, 0) is 50.2 Å².